The lowest BCUT2D eigenvalue weighted by atomic mass is 9.84. The number of halogens is 1. The maximum absolute atomic E-state index is 12.4. The van der Waals surface area contributed by atoms with Crippen LogP contribution in [0.3, 0.4) is 0 Å². The summed E-state index contributed by atoms with van der Waals surface area (Å²) in [6.07, 6.45) is -1.63. The molecular weight excluding hydrogens is 547 g/mol. The first kappa shape index (κ1) is 25.5. The zero-order valence-corrected chi connectivity index (χ0v) is 20.6. The Morgan fingerprint density at radius 1 is 1.45 bits per heavy atom. The number of aliphatic hydroxyl groups is 2. The average molecular weight is 574 g/mol. The molecule has 4 N–H and O–H groups in total. The molecule has 0 amide bonds. The number of aliphatic hydroxyl groups excluding tert-OH is 2. The number of aromatic nitrogens is 2. The summed E-state index contributed by atoms with van der Waals surface area (Å²) in [5.41, 5.74) is 5.58. The lowest BCUT2D eigenvalue weighted by Crippen LogP contribution is -2.29. The van der Waals surface area contributed by atoms with Gasteiger partial charge in [0, 0.05) is 27.8 Å². The van der Waals surface area contributed by atoms with Crippen LogP contribution in [-0.2, 0) is 16.1 Å². The van der Waals surface area contributed by atoms with Crippen LogP contribution >= 0.6 is 22.6 Å². The van der Waals surface area contributed by atoms with E-state index in [9.17, 15) is 25.1 Å². The molecule has 0 saturated carbocycles. The van der Waals surface area contributed by atoms with Crippen molar-refractivity contribution in [3.05, 3.63) is 59.7 Å². The van der Waals surface area contributed by atoms with E-state index in [1.54, 1.807) is 12.1 Å². The Morgan fingerprint density at radius 3 is 2.73 bits per heavy atom. The fourth-order valence-corrected chi connectivity index (χ4v) is 4.24. The molecule has 12 heteroatoms. The second-order valence-corrected chi connectivity index (χ2v) is 10.2. The molecule has 1 aromatic carbocycles. The standard InChI is InChI=1S/C21H27IN4O7/c1-21(2,3)18(13-5-4-12(22)6-14(13)26(30)31)32-10-11-8-25(20(29)24-19(11)23)17-7-15(28)16(9-27)33-17/h4-6,8,15-18,27-28H,7,9-10H2,1-3H3,(H2,23,24,29)/t15-,16-,17-,18+/m1/s1. The molecule has 1 saturated heterocycles. The number of nitrogen functional groups attached to an aromatic ring is 1. The third kappa shape index (κ3) is 5.69. The predicted molar refractivity (Wildman–Crippen MR) is 127 cm³/mol. The zero-order chi connectivity index (χ0) is 24.5. The lowest BCUT2D eigenvalue weighted by Gasteiger charge is -2.31. The van der Waals surface area contributed by atoms with Gasteiger partial charge in [-0.25, -0.2) is 4.79 Å². The Labute approximate surface area is 203 Å². The monoisotopic (exact) mass is 574 g/mol. The first-order valence-corrected chi connectivity index (χ1v) is 11.4. The highest BCUT2D eigenvalue weighted by molar-refractivity contribution is 14.1. The van der Waals surface area contributed by atoms with E-state index in [0.29, 0.717) is 11.1 Å². The number of benzene rings is 1. The van der Waals surface area contributed by atoms with E-state index >= 15 is 0 Å². The number of nitrogens with two attached hydrogens (primary N) is 1. The minimum atomic E-state index is -0.921. The molecule has 2 aromatic rings. The summed E-state index contributed by atoms with van der Waals surface area (Å²) in [5, 5.41) is 31.0. The number of ether oxygens (including phenoxy) is 2. The summed E-state index contributed by atoms with van der Waals surface area (Å²) in [5.74, 6) is -0.0294. The van der Waals surface area contributed by atoms with Gasteiger partial charge in [-0.1, -0.05) is 20.8 Å². The fourth-order valence-electron chi connectivity index (χ4n) is 3.77. The maximum atomic E-state index is 12.4. The fraction of sp³-hybridized carbons (Fsp3) is 0.524. The molecule has 4 atom stereocenters. The summed E-state index contributed by atoms with van der Waals surface area (Å²) in [7, 11) is 0. The Bertz CT molecular complexity index is 1090. The lowest BCUT2D eigenvalue weighted by molar-refractivity contribution is -0.386. The van der Waals surface area contributed by atoms with Crippen molar-refractivity contribution in [2.24, 2.45) is 5.41 Å². The Hall–Kier alpha value is -2.13. The smallest absolute Gasteiger partial charge is 0.351 e. The van der Waals surface area contributed by atoms with Crippen molar-refractivity contribution >= 4 is 34.1 Å². The molecule has 1 aliphatic rings. The predicted octanol–water partition coefficient (Wildman–Crippen LogP) is 2.28. The summed E-state index contributed by atoms with van der Waals surface area (Å²) in [6, 6.07) is 4.96. The van der Waals surface area contributed by atoms with Gasteiger partial charge in [-0.15, -0.1) is 0 Å². The van der Waals surface area contributed by atoms with Gasteiger partial charge in [0.25, 0.3) is 5.69 Å². The van der Waals surface area contributed by atoms with E-state index in [1.807, 2.05) is 43.4 Å². The van der Waals surface area contributed by atoms with Crippen LogP contribution in [0.25, 0.3) is 0 Å². The van der Waals surface area contributed by atoms with Crippen LogP contribution in [0.1, 0.15) is 50.7 Å². The second kappa shape index (κ2) is 10.0. The minimum absolute atomic E-state index is 0.0294. The van der Waals surface area contributed by atoms with Crippen LogP contribution in [0.5, 0.6) is 0 Å². The molecular formula is C21H27IN4O7. The Balaban J connectivity index is 1.91. The first-order chi connectivity index (χ1) is 15.4. The molecule has 0 spiro atoms. The van der Waals surface area contributed by atoms with E-state index in [-0.39, 0.29) is 31.1 Å². The van der Waals surface area contributed by atoms with Crippen molar-refractivity contribution in [3.8, 4) is 0 Å². The Kier molecular flexibility index (Phi) is 7.73. The number of hydrogen-bond acceptors (Lipinski definition) is 9. The maximum Gasteiger partial charge on any atom is 0.351 e. The molecule has 33 heavy (non-hydrogen) atoms. The van der Waals surface area contributed by atoms with E-state index in [4.69, 9.17) is 15.2 Å². The normalized spacial score (nSPS) is 21.8. The summed E-state index contributed by atoms with van der Waals surface area (Å²) in [4.78, 5) is 27.5. The van der Waals surface area contributed by atoms with Crippen molar-refractivity contribution in [1.29, 1.82) is 0 Å². The van der Waals surface area contributed by atoms with Gasteiger partial charge in [-0.05, 0) is 40.1 Å². The number of rotatable bonds is 7. The molecule has 1 aliphatic heterocycles. The molecule has 0 aliphatic carbocycles. The molecule has 0 unspecified atom stereocenters. The molecule has 2 heterocycles. The van der Waals surface area contributed by atoms with Gasteiger partial charge in [-0.2, -0.15) is 4.98 Å². The average Bonchev–Trinajstić information content (AvgIpc) is 3.09. The highest BCUT2D eigenvalue weighted by atomic mass is 127. The van der Waals surface area contributed by atoms with Crippen molar-refractivity contribution in [2.75, 3.05) is 12.3 Å². The van der Waals surface area contributed by atoms with Gasteiger partial charge in [0.05, 0.1) is 35.9 Å². The zero-order valence-electron chi connectivity index (χ0n) is 18.5. The van der Waals surface area contributed by atoms with Gasteiger partial charge < -0.3 is 25.4 Å². The third-order valence-electron chi connectivity index (χ3n) is 5.42. The summed E-state index contributed by atoms with van der Waals surface area (Å²) in [6.45, 7) is 5.27. The molecule has 11 nitrogen and oxygen atoms in total. The number of nitro groups is 1. The molecule has 1 aromatic heterocycles. The second-order valence-electron chi connectivity index (χ2n) is 8.97. The molecule has 1 fully saturated rings. The van der Waals surface area contributed by atoms with Crippen molar-refractivity contribution < 1.29 is 24.6 Å². The van der Waals surface area contributed by atoms with Gasteiger partial charge in [0.2, 0.25) is 0 Å². The number of hydrogen-bond donors (Lipinski definition) is 3. The first-order valence-electron chi connectivity index (χ1n) is 10.3. The summed E-state index contributed by atoms with van der Waals surface area (Å²) >= 11 is 2.02. The minimum Gasteiger partial charge on any atom is -0.394 e. The highest BCUT2D eigenvalue weighted by Crippen LogP contribution is 2.41. The van der Waals surface area contributed by atoms with Gasteiger partial charge in [0.1, 0.15) is 18.1 Å². The highest BCUT2D eigenvalue weighted by Gasteiger charge is 2.36. The molecule has 180 valence electrons. The van der Waals surface area contributed by atoms with Gasteiger partial charge >= 0.3 is 5.69 Å². The number of nitrogens with zero attached hydrogens (tertiary/aromatic N) is 3. The molecule has 0 bridgehead atoms. The van der Waals surface area contributed by atoms with Gasteiger partial charge in [0.15, 0.2) is 0 Å². The SMILES string of the molecule is CC(C)(C)[C@@H](OCc1cn([C@H]2C[C@@H](O)[C@@H](CO)O2)c(=O)nc1N)c1ccc(I)cc1[N+](=O)[O-]. The van der Waals surface area contributed by atoms with Crippen LogP contribution < -0.4 is 11.4 Å². The van der Waals surface area contributed by atoms with Crippen molar-refractivity contribution in [2.45, 2.75) is 58.3 Å². The van der Waals surface area contributed by atoms with E-state index in [0.717, 1.165) is 3.57 Å². The van der Waals surface area contributed by atoms with Crippen LogP contribution in [0, 0.1) is 19.1 Å². The number of nitro benzene ring substituents is 1. The van der Waals surface area contributed by atoms with Crippen LogP contribution in [0.4, 0.5) is 11.5 Å². The van der Waals surface area contributed by atoms with Crippen LogP contribution in [0.2, 0.25) is 0 Å². The topological polar surface area (TPSA) is 163 Å². The number of anilines is 1. The van der Waals surface area contributed by atoms with Crippen LogP contribution in [0.15, 0.2) is 29.2 Å². The Morgan fingerprint density at radius 2 is 2.15 bits per heavy atom. The third-order valence-corrected chi connectivity index (χ3v) is 6.09. The largest absolute Gasteiger partial charge is 0.394 e. The van der Waals surface area contributed by atoms with E-state index in [2.05, 4.69) is 4.98 Å². The summed E-state index contributed by atoms with van der Waals surface area (Å²) < 4.78 is 13.6. The van der Waals surface area contributed by atoms with E-state index < -0.39 is 40.6 Å². The van der Waals surface area contributed by atoms with Crippen LogP contribution in [-0.4, -0.2) is 43.5 Å². The molecule has 0 radical (unpaired) electrons. The van der Waals surface area contributed by atoms with Gasteiger partial charge in [-0.3, -0.25) is 14.7 Å². The quantitative estimate of drug-likeness (QED) is 0.256. The van der Waals surface area contributed by atoms with Crippen molar-refractivity contribution in [3.63, 3.8) is 0 Å². The molecule has 3 rings (SSSR count). The van der Waals surface area contributed by atoms with E-state index in [1.165, 1.54) is 16.8 Å². The van der Waals surface area contributed by atoms with Crippen molar-refractivity contribution in [1.82, 2.24) is 9.55 Å².